The summed E-state index contributed by atoms with van der Waals surface area (Å²) in [6.07, 6.45) is 0. The van der Waals surface area contributed by atoms with Crippen molar-refractivity contribution in [1.29, 1.82) is 0 Å². The maximum absolute atomic E-state index is 12.0. The van der Waals surface area contributed by atoms with E-state index < -0.39 is 6.61 Å². The van der Waals surface area contributed by atoms with E-state index in [1.807, 2.05) is 0 Å². The molecule has 0 aliphatic heterocycles. The molecule has 0 saturated heterocycles. The average molecular weight is 257 g/mol. The quantitative estimate of drug-likeness (QED) is 0.861. The van der Waals surface area contributed by atoms with Crippen LogP contribution in [-0.2, 0) is 0 Å². The van der Waals surface area contributed by atoms with Gasteiger partial charge in [0.1, 0.15) is 5.75 Å². The highest BCUT2D eigenvalue weighted by molar-refractivity contribution is 5.28. The number of hydrogen-bond acceptors (Lipinski definition) is 2. The van der Waals surface area contributed by atoms with Gasteiger partial charge in [-0.05, 0) is 30.0 Å². The smallest absolute Gasteiger partial charge is 0.387 e. The minimum absolute atomic E-state index is 0.185. The maximum Gasteiger partial charge on any atom is 0.387 e. The number of alkyl halides is 2. The van der Waals surface area contributed by atoms with Crippen molar-refractivity contribution in [2.45, 2.75) is 40.3 Å². The van der Waals surface area contributed by atoms with Crippen molar-refractivity contribution in [3.05, 3.63) is 29.8 Å². The molecule has 0 spiro atoms. The molecule has 0 aliphatic carbocycles. The number of ether oxygens (including phenoxy) is 1. The fourth-order valence-electron chi connectivity index (χ4n) is 1.52. The molecule has 1 N–H and O–H groups in total. The summed E-state index contributed by atoms with van der Waals surface area (Å²) in [6.45, 7) is 6.65. The van der Waals surface area contributed by atoms with E-state index >= 15 is 0 Å². The Balaban J connectivity index is 2.56. The molecule has 0 bridgehead atoms. The van der Waals surface area contributed by atoms with Crippen molar-refractivity contribution in [2.75, 3.05) is 6.54 Å². The van der Waals surface area contributed by atoms with Gasteiger partial charge in [-0.2, -0.15) is 8.78 Å². The number of nitrogens with one attached hydrogen (secondary N) is 1. The number of hydrogen-bond donors (Lipinski definition) is 1. The predicted molar refractivity (Wildman–Crippen MR) is 68.9 cm³/mol. The first kappa shape index (κ1) is 14.9. The molecule has 1 rings (SSSR count). The van der Waals surface area contributed by atoms with Crippen LogP contribution in [0.5, 0.6) is 5.75 Å². The third-order valence-corrected chi connectivity index (χ3v) is 2.54. The van der Waals surface area contributed by atoms with Gasteiger partial charge in [0.15, 0.2) is 0 Å². The van der Waals surface area contributed by atoms with Crippen LogP contribution >= 0.6 is 0 Å². The molecule has 2 nitrogen and oxygen atoms in total. The van der Waals surface area contributed by atoms with Crippen molar-refractivity contribution in [1.82, 2.24) is 5.32 Å². The van der Waals surface area contributed by atoms with Crippen LogP contribution in [0.15, 0.2) is 24.3 Å². The number of benzene rings is 1. The Bertz CT molecular complexity index is 357. The lowest BCUT2D eigenvalue weighted by molar-refractivity contribution is -0.0498. The second-order valence-corrected chi connectivity index (χ2v) is 5.61. The van der Waals surface area contributed by atoms with Gasteiger partial charge in [-0.25, -0.2) is 0 Å². The Labute approximate surface area is 107 Å². The average Bonchev–Trinajstić information content (AvgIpc) is 2.25. The van der Waals surface area contributed by atoms with Gasteiger partial charge in [0.25, 0.3) is 0 Å². The lowest BCUT2D eigenvalue weighted by atomic mass is 9.96. The van der Waals surface area contributed by atoms with Gasteiger partial charge in [-0.3, -0.25) is 0 Å². The molecule has 1 atom stereocenters. The van der Waals surface area contributed by atoms with E-state index in [1.54, 1.807) is 24.3 Å². The fourth-order valence-corrected chi connectivity index (χ4v) is 1.52. The molecular weight excluding hydrogens is 236 g/mol. The van der Waals surface area contributed by atoms with Gasteiger partial charge < -0.3 is 10.1 Å². The summed E-state index contributed by atoms with van der Waals surface area (Å²) in [5.41, 5.74) is 1.27. The van der Waals surface area contributed by atoms with E-state index in [-0.39, 0.29) is 17.2 Å². The van der Waals surface area contributed by atoms with E-state index in [0.29, 0.717) is 0 Å². The van der Waals surface area contributed by atoms with Crippen LogP contribution in [0.1, 0.15) is 39.3 Å². The van der Waals surface area contributed by atoms with Crippen LogP contribution in [0.4, 0.5) is 8.78 Å². The summed E-state index contributed by atoms with van der Waals surface area (Å²) in [6, 6.07) is 6.92. The second kappa shape index (κ2) is 6.14. The highest BCUT2D eigenvalue weighted by Crippen LogP contribution is 2.20. The zero-order valence-corrected chi connectivity index (χ0v) is 11.3. The molecule has 1 aromatic carbocycles. The molecule has 0 saturated carbocycles. The molecule has 18 heavy (non-hydrogen) atoms. The van der Waals surface area contributed by atoms with Crippen LogP contribution in [0.3, 0.4) is 0 Å². The monoisotopic (exact) mass is 257 g/mol. The van der Waals surface area contributed by atoms with Gasteiger partial charge in [-0.15, -0.1) is 0 Å². The standard InChI is InChI=1S/C14H21F2NO/c1-10(17-9-14(2,3)4)11-5-7-12(8-6-11)18-13(15)16/h5-8,10,13,17H,9H2,1-4H3. The molecule has 1 aromatic rings. The largest absolute Gasteiger partial charge is 0.435 e. The normalized spacial score (nSPS) is 13.7. The van der Waals surface area contributed by atoms with E-state index in [1.165, 1.54) is 0 Å². The Morgan fingerprint density at radius 3 is 2.17 bits per heavy atom. The first-order valence-electron chi connectivity index (χ1n) is 6.06. The van der Waals surface area contributed by atoms with Crippen LogP contribution in [-0.4, -0.2) is 13.2 Å². The van der Waals surface area contributed by atoms with Crippen molar-refractivity contribution in [3.63, 3.8) is 0 Å². The number of halogens is 2. The summed E-state index contributed by atoms with van der Waals surface area (Å²) in [5.74, 6) is 0.191. The SMILES string of the molecule is CC(NCC(C)(C)C)c1ccc(OC(F)F)cc1. The van der Waals surface area contributed by atoms with Gasteiger partial charge in [0, 0.05) is 12.6 Å². The third-order valence-electron chi connectivity index (χ3n) is 2.54. The molecule has 0 radical (unpaired) electrons. The fraction of sp³-hybridized carbons (Fsp3) is 0.571. The maximum atomic E-state index is 12.0. The lowest BCUT2D eigenvalue weighted by Gasteiger charge is -2.23. The summed E-state index contributed by atoms with van der Waals surface area (Å²) < 4.78 is 28.3. The Morgan fingerprint density at radius 1 is 1.17 bits per heavy atom. The Kier molecular flexibility index (Phi) is 5.08. The molecule has 0 aliphatic rings. The van der Waals surface area contributed by atoms with Gasteiger partial charge in [-0.1, -0.05) is 32.9 Å². The molecule has 0 fully saturated rings. The molecule has 102 valence electrons. The second-order valence-electron chi connectivity index (χ2n) is 5.61. The predicted octanol–water partition coefficient (Wildman–Crippen LogP) is 3.98. The van der Waals surface area contributed by atoms with E-state index in [2.05, 4.69) is 37.7 Å². The molecule has 1 unspecified atom stereocenters. The molecule has 0 amide bonds. The minimum Gasteiger partial charge on any atom is -0.435 e. The highest BCUT2D eigenvalue weighted by atomic mass is 19.3. The molecular formula is C14H21F2NO. The van der Waals surface area contributed by atoms with Crippen molar-refractivity contribution in [2.24, 2.45) is 5.41 Å². The summed E-state index contributed by atoms with van der Waals surface area (Å²) in [4.78, 5) is 0. The van der Waals surface area contributed by atoms with Crippen molar-refractivity contribution in [3.8, 4) is 5.75 Å². The topological polar surface area (TPSA) is 21.3 Å². The Hall–Kier alpha value is -1.16. The lowest BCUT2D eigenvalue weighted by Crippen LogP contribution is -2.29. The first-order chi connectivity index (χ1) is 8.28. The van der Waals surface area contributed by atoms with Crippen LogP contribution in [0.25, 0.3) is 0 Å². The number of rotatable bonds is 5. The molecule has 0 aromatic heterocycles. The zero-order chi connectivity index (χ0) is 13.8. The highest BCUT2D eigenvalue weighted by Gasteiger charge is 2.13. The molecule has 4 heteroatoms. The van der Waals surface area contributed by atoms with Gasteiger partial charge in [0.05, 0.1) is 0 Å². The van der Waals surface area contributed by atoms with Gasteiger partial charge in [0.2, 0.25) is 0 Å². The summed E-state index contributed by atoms with van der Waals surface area (Å²) in [7, 11) is 0. The van der Waals surface area contributed by atoms with E-state index in [4.69, 9.17) is 0 Å². The summed E-state index contributed by atoms with van der Waals surface area (Å²) in [5, 5.41) is 3.41. The van der Waals surface area contributed by atoms with Gasteiger partial charge >= 0.3 is 6.61 Å². The first-order valence-corrected chi connectivity index (χ1v) is 6.06. The zero-order valence-electron chi connectivity index (χ0n) is 11.3. The van der Waals surface area contributed by atoms with Crippen LogP contribution in [0.2, 0.25) is 0 Å². The minimum atomic E-state index is -2.77. The van der Waals surface area contributed by atoms with Crippen molar-refractivity contribution >= 4 is 0 Å². The molecule has 0 heterocycles. The van der Waals surface area contributed by atoms with Crippen molar-refractivity contribution < 1.29 is 13.5 Å². The van der Waals surface area contributed by atoms with Crippen LogP contribution in [0, 0.1) is 5.41 Å². The third kappa shape index (κ3) is 5.45. The van der Waals surface area contributed by atoms with E-state index in [0.717, 1.165) is 12.1 Å². The van der Waals surface area contributed by atoms with Crippen LogP contribution < -0.4 is 10.1 Å². The summed E-state index contributed by atoms with van der Waals surface area (Å²) >= 11 is 0. The van der Waals surface area contributed by atoms with E-state index in [9.17, 15) is 8.78 Å². The Morgan fingerprint density at radius 2 is 1.72 bits per heavy atom.